The molecule has 0 aromatic rings. The molecule has 0 aliphatic rings. The Morgan fingerprint density at radius 2 is 2.12 bits per heavy atom. The van der Waals surface area contributed by atoms with Gasteiger partial charge < -0.3 is 10.5 Å². The largest absolute Gasteiger partial charge is 0.392 e. The molecule has 7 heteroatoms. The van der Waals surface area contributed by atoms with Crippen molar-refractivity contribution in [2.24, 2.45) is 11.7 Å². The van der Waals surface area contributed by atoms with Gasteiger partial charge in [0.15, 0.2) is 0 Å². The van der Waals surface area contributed by atoms with E-state index in [0.29, 0.717) is 19.6 Å². The zero-order chi connectivity index (χ0) is 12.8. The number of ether oxygens (including phenoxy) is 1. The molecule has 3 N–H and O–H groups in total. The van der Waals surface area contributed by atoms with Crippen LogP contribution in [-0.4, -0.2) is 38.9 Å². The van der Waals surface area contributed by atoms with E-state index < -0.39 is 15.3 Å². The lowest BCUT2D eigenvalue weighted by Crippen LogP contribution is -2.43. The van der Waals surface area contributed by atoms with Gasteiger partial charge in [0.25, 0.3) is 0 Å². The first-order valence-corrected chi connectivity index (χ1v) is 7.07. The molecule has 0 aliphatic carbocycles. The molecule has 0 rings (SSSR count). The highest BCUT2D eigenvalue weighted by Crippen LogP contribution is 2.05. The minimum Gasteiger partial charge on any atom is -0.392 e. The zero-order valence-corrected chi connectivity index (χ0v) is 11.5. The maximum atomic E-state index is 11.8. The summed E-state index contributed by atoms with van der Waals surface area (Å²) in [5.41, 5.74) is 5.39. The summed E-state index contributed by atoms with van der Waals surface area (Å²) in [6.45, 7) is 4.47. The van der Waals surface area contributed by atoms with E-state index >= 15 is 0 Å². The van der Waals surface area contributed by atoms with Crippen LogP contribution >= 0.6 is 12.2 Å². The van der Waals surface area contributed by atoms with Gasteiger partial charge in [-0.15, -0.1) is 0 Å². The van der Waals surface area contributed by atoms with Gasteiger partial charge in [0.1, 0.15) is 5.25 Å². The second-order valence-electron chi connectivity index (χ2n) is 3.75. The van der Waals surface area contributed by atoms with Crippen LogP contribution in [0.2, 0.25) is 0 Å². The fourth-order valence-electron chi connectivity index (χ4n) is 1.28. The first-order chi connectivity index (χ1) is 7.35. The monoisotopic (exact) mass is 268 g/mol. The molecule has 0 spiro atoms. The highest BCUT2D eigenvalue weighted by atomic mass is 32.2. The summed E-state index contributed by atoms with van der Waals surface area (Å²) in [5, 5.41) is -0.794. The molecule has 2 unspecified atom stereocenters. The second kappa shape index (κ2) is 7.16. The molecule has 0 bridgehead atoms. The Morgan fingerprint density at radius 1 is 1.56 bits per heavy atom. The van der Waals surface area contributed by atoms with Crippen LogP contribution in [0.5, 0.6) is 0 Å². The Bertz CT molecular complexity index is 317. The maximum absolute atomic E-state index is 11.8. The molecule has 0 aromatic carbocycles. The van der Waals surface area contributed by atoms with Crippen LogP contribution in [0.15, 0.2) is 0 Å². The van der Waals surface area contributed by atoms with Crippen molar-refractivity contribution >= 4 is 27.2 Å². The van der Waals surface area contributed by atoms with Crippen LogP contribution in [0.1, 0.15) is 20.3 Å². The fraction of sp³-hybridized carbons (Fsp3) is 0.889. The summed E-state index contributed by atoms with van der Waals surface area (Å²) in [4.78, 5) is 0.00870. The molecule has 0 saturated heterocycles. The standard InChI is InChI=1S/C9H20N2O3S2/c1-4-8(9(10)15)16(12,13)11-5-7(2)6-14-3/h7-8,11H,4-6H2,1-3H3,(H2,10,15). The van der Waals surface area contributed by atoms with Crippen LogP contribution in [0, 0.1) is 5.92 Å². The number of methoxy groups -OCH3 is 1. The van der Waals surface area contributed by atoms with Gasteiger partial charge in [0.2, 0.25) is 10.0 Å². The SMILES string of the molecule is CCC(C(N)=S)S(=O)(=O)NCC(C)COC. The minimum atomic E-state index is -3.46. The Kier molecular flexibility index (Phi) is 7.05. The molecular formula is C9H20N2O3S2. The zero-order valence-electron chi connectivity index (χ0n) is 9.89. The lowest BCUT2D eigenvalue weighted by atomic mass is 10.2. The number of hydrogen-bond donors (Lipinski definition) is 2. The van der Waals surface area contributed by atoms with Gasteiger partial charge in [0, 0.05) is 20.3 Å². The molecule has 0 radical (unpaired) electrons. The molecule has 0 aromatic heterocycles. The van der Waals surface area contributed by atoms with E-state index in [9.17, 15) is 8.42 Å². The number of rotatable bonds is 8. The maximum Gasteiger partial charge on any atom is 0.221 e. The predicted molar refractivity (Wildman–Crippen MR) is 68.8 cm³/mol. The smallest absolute Gasteiger partial charge is 0.221 e. The highest BCUT2D eigenvalue weighted by molar-refractivity contribution is 7.93. The molecule has 0 saturated carbocycles. The average Bonchev–Trinajstić information content (AvgIpc) is 2.15. The quantitative estimate of drug-likeness (QED) is 0.617. The number of nitrogens with two attached hydrogens (primary N) is 1. The fourth-order valence-corrected chi connectivity index (χ4v) is 3.29. The first-order valence-electron chi connectivity index (χ1n) is 5.11. The highest BCUT2D eigenvalue weighted by Gasteiger charge is 2.26. The van der Waals surface area contributed by atoms with Gasteiger partial charge in [-0.05, 0) is 12.3 Å². The molecular weight excluding hydrogens is 248 g/mol. The van der Waals surface area contributed by atoms with Crippen molar-refractivity contribution in [2.75, 3.05) is 20.3 Å². The third-order valence-electron chi connectivity index (χ3n) is 2.15. The summed E-state index contributed by atoms with van der Waals surface area (Å²) in [5.74, 6) is 0.114. The van der Waals surface area contributed by atoms with E-state index in [1.165, 1.54) is 0 Å². The summed E-state index contributed by atoms with van der Waals surface area (Å²) in [6.07, 6.45) is 0.378. The van der Waals surface area contributed by atoms with Gasteiger partial charge in [-0.25, -0.2) is 13.1 Å². The lowest BCUT2D eigenvalue weighted by molar-refractivity contribution is 0.161. The second-order valence-corrected chi connectivity index (χ2v) is 6.17. The van der Waals surface area contributed by atoms with Crippen molar-refractivity contribution < 1.29 is 13.2 Å². The molecule has 16 heavy (non-hydrogen) atoms. The molecule has 0 fully saturated rings. The summed E-state index contributed by atoms with van der Waals surface area (Å²) in [6, 6.07) is 0. The Labute approximate surface area is 103 Å². The molecule has 5 nitrogen and oxygen atoms in total. The third-order valence-corrected chi connectivity index (χ3v) is 4.49. The van der Waals surface area contributed by atoms with Crippen LogP contribution in [0.4, 0.5) is 0 Å². The molecule has 96 valence electrons. The Morgan fingerprint density at radius 3 is 2.50 bits per heavy atom. The summed E-state index contributed by atoms with van der Waals surface area (Å²) < 4.78 is 31.0. The lowest BCUT2D eigenvalue weighted by Gasteiger charge is -2.17. The van der Waals surface area contributed by atoms with Gasteiger partial charge in [-0.3, -0.25) is 0 Å². The van der Waals surface area contributed by atoms with Crippen molar-refractivity contribution in [3.05, 3.63) is 0 Å². The predicted octanol–water partition coefficient (Wildman–Crippen LogP) is 0.253. The van der Waals surface area contributed by atoms with Gasteiger partial charge >= 0.3 is 0 Å². The topological polar surface area (TPSA) is 81.4 Å². The van der Waals surface area contributed by atoms with Crippen LogP contribution in [-0.2, 0) is 14.8 Å². The molecule has 0 aliphatic heterocycles. The van der Waals surface area contributed by atoms with Crippen LogP contribution in [0.25, 0.3) is 0 Å². The van der Waals surface area contributed by atoms with Gasteiger partial charge in [-0.2, -0.15) is 0 Å². The van der Waals surface area contributed by atoms with Crippen molar-refractivity contribution in [1.29, 1.82) is 0 Å². The average molecular weight is 268 g/mol. The first kappa shape index (κ1) is 15.8. The Balaban J connectivity index is 4.39. The molecule has 0 heterocycles. The number of nitrogens with one attached hydrogen (secondary N) is 1. The third kappa shape index (κ3) is 5.20. The molecule has 0 amide bonds. The van der Waals surface area contributed by atoms with E-state index in [0.717, 1.165) is 0 Å². The number of hydrogen-bond acceptors (Lipinski definition) is 4. The normalized spacial score (nSPS) is 15.7. The number of thiocarbonyl (C=S) groups is 1. The van der Waals surface area contributed by atoms with Crippen LogP contribution in [0.3, 0.4) is 0 Å². The van der Waals surface area contributed by atoms with Crippen molar-refractivity contribution in [1.82, 2.24) is 4.72 Å². The van der Waals surface area contributed by atoms with Crippen molar-refractivity contribution in [3.63, 3.8) is 0 Å². The van der Waals surface area contributed by atoms with E-state index in [2.05, 4.69) is 4.72 Å². The number of sulfonamides is 1. The van der Waals surface area contributed by atoms with E-state index in [1.54, 1.807) is 14.0 Å². The van der Waals surface area contributed by atoms with E-state index in [1.807, 2.05) is 6.92 Å². The van der Waals surface area contributed by atoms with Crippen molar-refractivity contribution in [2.45, 2.75) is 25.5 Å². The summed E-state index contributed by atoms with van der Waals surface area (Å²) in [7, 11) is -1.88. The summed E-state index contributed by atoms with van der Waals surface area (Å²) >= 11 is 4.73. The minimum absolute atomic E-state index is 0.00870. The van der Waals surface area contributed by atoms with E-state index in [4.69, 9.17) is 22.7 Å². The molecule has 2 atom stereocenters. The Hall–Kier alpha value is -0.240. The van der Waals surface area contributed by atoms with Gasteiger partial charge in [-0.1, -0.05) is 26.1 Å². The van der Waals surface area contributed by atoms with Gasteiger partial charge in [0.05, 0.1) is 4.99 Å². The van der Waals surface area contributed by atoms with Crippen molar-refractivity contribution in [3.8, 4) is 0 Å². The van der Waals surface area contributed by atoms with Crippen LogP contribution < -0.4 is 10.5 Å². The van der Waals surface area contributed by atoms with E-state index in [-0.39, 0.29) is 10.9 Å².